The number of hydrogen-bond donors (Lipinski definition) is 1. The number of aryl methyl sites for hydroxylation is 2. The van der Waals surface area contributed by atoms with E-state index in [2.05, 4.69) is 44.0 Å². The predicted octanol–water partition coefficient (Wildman–Crippen LogP) is 3.19. The Bertz CT molecular complexity index is 297. The molecule has 1 rings (SSSR count). The zero-order valence-corrected chi connectivity index (χ0v) is 12.5. The molecule has 0 aromatic carbocycles. The Morgan fingerprint density at radius 1 is 1.24 bits per heavy atom. The minimum absolute atomic E-state index is 1.03. The van der Waals surface area contributed by atoms with Crippen molar-refractivity contribution in [3.05, 3.63) is 21.4 Å². The average molecular weight is 254 g/mol. The van der Waals surface area contributed by atoms with Gasteiger partial charge in [-0.3, -0.25) is 0 Å². The van der Waals surface area contributed by atoms with Gasteiger partial charge < -0.3 is 10.2 Å². The van der Waals surface area contributed by atoms with Crippen LogP contribution in [0.5, 0.6) is 0 Å². The van der Waals surface area contributed by atoms with Gasteiger partial charge in [0.1, 0.15) is 0 Å². The summed E-state index contributed by atoms with van der Waals surface area (Å²) in [4.78, 5) is 5.38. The monoisotopic (exact) mass is 254 g/mol. The maximum atomic E-state index is 3.53. The second-order valence-corrected chi connectivity index (χ2v) is 5.85. The summed E-state index contributed by atoms with van der Waals surface area (Å²) in [5, 5.41) is 3.53. The molecule has 1 aromatic rings. The fourth-order valence-corrected chi connectivity index (χ4v) is 2.94. The first-order valence-electron chi connectivity index (χ1n) is 6.66. The van der Waals surface area contributed by atoms with Gasteiger partial charge in [0.05, 0.1) is 0 Å². The summed E-state index contributed by atoms with van der Waals surface area (Å²) in [5.41, 5.74) is 1.43. The standard InChI is InChI=1S/C14H26N2S/c1-5-16(6-2)9-7-8-15-11-14-10-12(3)13(4)17-14/h10,15H,5-9,11H2,1-4H3. The van der Waals surface area contributed by atoms with Crippen LogP contribution in [-0.2, 0) is 6.54 Å². The maximum Gasteiger partial charge on any atom is 0.0299 e. The quantitative estimate of drug-likeness (QED) is 0.717. The molecule has 0 amide bonds. The Hall–Kier alpha value is -0.380. The van der Waals surface area contributed by atoms with E-state index in [0.29, 0.717) is 0 Å². The van der Waals surface area contributed by atoms with E-state index in [9.17, 15) is 0 Å². The van der Waals surface area contributed by atoms with E-state index in [1.54, 1.807) is 0 Å². The third-order valence-corrected chi connectivity index (χ3v) is 4.39. The first kappa shape index (κ1) is 14.7. The molecule has 0 saturated carbocycles. The smallest absolute Gasteiger partial charge is 0.0299 e. The molecule has 3 heteroatoms. The molecular formula is C14H26N2S. The maximum absolute atomic E-state index is 3.53. The Balaban J connectivity index is 2.12. The molecule has 0 aliphatic heterocycles. The zero-order chi connectivity index (χ0) is 12.7. The minimum atomic E-state index is 1.03. The molecule has 0 unspecified atom stereocenters. The lowest BCUT2D eigenvalue weighted by Crippen LogP contribution is -2.27. The lowest BCUT2D eigenvalue weighted by Gasteiger charge is -2.17. The molecule has 0 spiro atoms. The highest BCUT2D eigenvalue weighted by Gasteiger charge is 2.01. The first-order chi connectivity index (χ1) is 8.17. The molecule has 17 heavy (non-hydrogen) atoms. The van der Waals surface area contributed by atoms with Crippen LogP contribution in [0.3, 0.4) is 0 Å². The highest BCUT2D eigenvalue weighted by atomic mass is 32.1. The predicted molar refractivity (Wildman–Crippen MR) is 77.9 cm³/mol. The molecule has 0 fully saturated rings. The Morgan fingerprint density at radius 3 is 2.47 bits per heavy atom. The van der Waals surface area contributed by atoms with Crippen LogP contribution in [-0.4, -0.2) is 31.1 Å². The normalized spacial score (nSPS) is 11.4. The van der Waals surface area contributed by atoms with Gasteiger partial charge in [-0.1, -0.05) is 13.8 Å². The second kappa shape index (κ2) is 7.85. The second-order valence-electron chi connectivity index (χ2n) is 4.51. The van der Waals surface area contributed by atoms with E-state index >= 15 is 0 Å². The van der Waals surface area contributed by atoms with Crippen molar-refractivity contribution in [2.75, 3.05) is 26.2 Å². The number of nitrogens with zero attached hydrogens (tertiary/aromatic N) is 1. The van der Waals surface area contributed by atoms with E-state index in [4.69, 9.17) is 0 Å². The molecule has 2 nitrogen and oxygen atoms in total. The van der Waals surface area contributed by atoms with Crippen LogP contribution in [0.1, 0.15) is 35.6 Å². The van der Waals surface area contributed by atoms with Gasteiger partial charge >= 0.3 is 0 Å². The van der Waals surface area contributed by atoms with Crippen molar-refractivity contribution >= 4 is 11.3 Å². The highest BCUT2D eigenvalue weighted by Crippen LogP contribution is 2.20. The molecular weight excluding hydrogens is 228 g/mol. The zero-order valence-electron chi connectivity index (χ0n) is 11.7. The third kappa shape index (κ3) is 5.19. The molecule has 0 radical (unpaired) electrons. The topological polar surface area (TPSA) is 15.3 Å². The van der Waals surface area contributed by atoms with E-state index in [1.807, 2.05) is 11.3 Å². The fraction of sp³-hybridized carbons (Fsp3) is 0.714. The van der Waals surface area contributed by atoms with Gasteiger partial charge in [-0.25, -0.2) is 0 Å². The summed E-state index contributed by atoms with van der Waals surface area (Å²) in [5.74, 6) is 0. The Kier molecular flexibility index (Phi) is 6.78. The Labute approximate surface area is 110 Å². The van der Waals surface area contributed by atoms with Crippen molar-refractivity contribution in [2.45, 2.75) is 40.7 Å². The molecule has 1 N–H and O–H groups in total. The molecule has 0 aliphatic carbocycles. The number of hydrogen-bond acceptors (Lipinski definition) is 3. The molecule has 98 valence electrons. The summed E-state index contributed by atoms with van der Waals surface area (Å²) in [6, 6.07) is 2.30. The molecule has 1 aromatic heterocycles. The highest BCUT2D eigenvalue weighted by molar-refractivity contribution is 7.12. The van der Waals surface area contributed by atoms with Gasteiger partial charge in [0.15, 0.2) is 0 Å². The summed E-state index contributed by atoms with van der Waals surface area (Å²) in [6.07, 6.45) is 1.24. The lowest BCUT2D eigenvalue weighted by atomic mass is 10.3. The van der Waals surface area contributed by atoms with Gasteiger partial charge in [-0.2, -0.15) is 0 Å². The van der Waals surface area contributed by atoms with Crippen LogP contribution >= 0.6 is 11.3 Å². The van der Waals surface area contributed by atoms with Gasteiger partial charge in [0, 0.05) is 16.3 Å². The molecule has 1 heterocycles. The number of nitrogens with one attached hydrogen (secondary N) is 1. The van der Waals surface area contributed by atoms with Crippen LogP contribution in [0, 0.1) is 13.8 Å². The van der Waals surface area contributed by atoms with E-state index in [-0.39, 0.29) is 0 Å². The van der Waals surface area contributed by atoms with Crippen molar-refractivity contribution in [1.82, 2.24) is 10.2 Å². The van der Waals surface area contributed by atoms with Crippen LogP contribution in [0.4, 0.5) is 0 Å². The Morgan fingerprint density at radius 2 is 1.94 bits per heavy atom. The van der Waals surface area contributed by atoms with Gasteiger partial charge in [0.25, 0.3) is 0 Å². The average Bonchev–Trinajstić information content (AvgIpc) is 2.63. The third-order valence-electron chi connectivity index (χ3n) is 3.24. The molecule has 0 atom stereocenters. The lowest BCUT2D eigenvalue weighted by molar-refractivity contribution is 0.298. The molecule has 0 bridgehead atoms. The van der Waals surface area contributed by atoms with Gasteiger partial charge in [0.2, 0.25) is 0 Å². The van der Waals surface area contributed by atoms with Crippen LogP contribution in [0.15, 0.2) is 6.07 Å². The first-order valence-corrected chi connectivity index (χ1v) is 7.48. The summed E-state index contributed by atoms with van der Waals surface area (Å²) in [6.45, 7) is 14.5. The van der Waals surface area contributed by atoms with Crippen molar-refractivity contribution in [3.8, 4) is 0 Å². The fourth-order valence-electron chi connectivity index (χ4n) is 1.92. The molecule has 0 saturated heterocycles. The largest absolute Gasteiger partial charge is 0.312 e. The van der Waals surface area contributed by atoms with E-state index in [1.165, 1.54) is 41.4 Å². The summed E-state index contributed by atoms with van der Waals surface area (Å²) in [7, 11) is 0. The van der Waals surface area contributed by atoms with Crippen LogP contribution in [0.25, 0.3) is 0 Å². The SMILES string of the molecule is CCN(CC)CCCNCc1cc(C)c(C)s1. The van der Waals surface area contributed by atoms with Crippen LogP contribution in [0.2, 0.25) is 0 Å². The molecule has 0 aliphatic rings. The summed E-state index contributed by atoms with van der Waals surface area (Å²) >= 11 is 1.91. The van der Waals surface area contributed by atoms with Crippen molar-refractivity contribution in [1.29, 1.82) is 0 Å². The number of rotatable bonds is 8. The van der Waals surface area contributed by atoms with Crippen LogP contribution < -0.4 is 5.32 Å². The van der Waals surface area contributed by atoms with Crippen molar-refractivity contribution in [3.63, 3.8) is 0 Å². The van der Waals surface area contributed by atoms with Crippen molar-refractivity contribution < 1.29 is 0 Å². The van der Waals surface area contributed by atoms with Gasteiger partial charge in [-0.05, 0) is 58.1 Å². The van der Waals surface area contributed by atoms with E-state index in [0.717, 1.165) is 13.1 Å². The summed E-state index contributed by atoms with van der Waals surface area (Å²) < 4.78 is 0. The van der Waals surface area contributed by atoms with E-state index < -0.39 is 0 Å². The number of thiophene rings is 1. The minimum Gasteiger partial charge on any atom is -0.312 e. The van der Waals surface area contributed by atoms with Crippen molar-refractivity contribution in [2.24, 2.45) is 0 Å². The van der Waals surface area contributed by atoms with Gasteiger partial charge in [-0.15, -0.1) is 11.3 Å².